The van der Waals surface area contributed by atoms with Gasteiger partial charge in [-0.1, -0.05) is 23.7 Å². The molecule has 130 valence electrons. The van der Waals surface area contributed by atoms with E-state index in [0.717, 1.165) is 37.4 Å². The van der Waals surface area contributed by atoms with Crippen molar-refractivity contribution in [1.29, 1.82) is 0 Å². The summed E-state index contributed by atoms with van der Waals surface area (Å²) in [5.41, 5.74) is 1.39. The van der Waals surface area contributed by atoms with Crippen molar-refractivity contribution in [2.75, 3.05) is 13.2 Å². The van der Waals surface area contributed by atoms with Crippen LogP contribution >= 0.6 is 11.6 Å². The van der Waals surface area contributed by atoms with E-state index in [4.69, 9.17) is 16.3 Å². The second-order valence-corrected chi connectivity index (χ2v) is 6.80. The Balaban J connectivity index is 1.76. The van der Waals surface area contributed by atoms with Crippen molar-refractivity contribution in [2.45, 2.75) is 32.2 Å². The van der Waals surface area contributed by atoms with Crippen LogP contribution in [0.1, 0.15) is 36.0 Å². The van der Waals surface area contributed by atoms with Crippen LogP contribution in [0.25, 0.3) is 5.52 Å². The molecule has 3 heterocycles. The Bertz CT molecular complexity index is 973. The van der Waals surface area contributed by atoms with Crippen molar-refractivity contribution in [2.24, 2.45) is 0 Å². The predicted octanol–water partition coefficient (Wildman–Crippen LogP) is 2.80. The largest absolute Gasteiger partial charge is 0.381 e. The van der Waals surface area contributed by atoms with Gasteiger partial charge in [-0.25, -0.2) is 9.50 Å². The average Bonchev–Trinajstić information content (AvgIpc) is 3.03. The van der Waals surface area contributed by atoms with E-state index in [0.29, 0.717) is 22.9 Å². The maximum Gasteiger partial charge on any atom is 0.279 e. The fraction of sp³-hybridized carbons (Fsp3) is 0.389. The monoisotopic (exact) mass is 358 g/mol. The molecule has 6 nitrogen and oxygen atoms in total. The van der Waals surface area contributed by atoms with Gasteiger partial charge in [0.1, 0.15) is 11.6 Å². The maximum atomic E-state index is 12.9. The second kappa shape index (κ2) is 6.61. The van der Waals surface area contributed by atoms with Gasteiger partial charge in [0.05, 0.1) is 12.7 Å². The molecular weight excluding hydrogens is 340 g/mol. The number of ether oxygens (including phenoxy) is 1. The number of imidazole rings is 1. The topological polar surface area (TPSA) is 61.4 Å². The van der Waals surface area contributed by atoms with E-state index in [1.54, 1.807) is 15.3 Å². The normalized spacial score (nSPS) is 15.8. The number of nitrogens with zero attached hydrogens (tertiary/aromatic N) is 4. The van der Waals surface area contributed by atoms with E-state index in [1.807, 2.05) is 31.2 Å². The van der Waals surface area contributed by atoms with Gasteiger partial charge in [0.25, 0.3) is 5.56 Å². The fourth-order valence-corrected chi connectivity index (χ4v) is 3.55. The van der Waals surface area contributed by atoms with Crippen LogP contribution in [-0.4, -0.2) is 32.4 Å². The zero-order valence-corrected chi connectivity index (χ0v) is 14.7. The molecule has 1 aromatic carbocycles. The second-order valence-electron chi connectivity index (χ2n) is 6.37. The number of fused-ring (bicyclic) bond motifs is 1. The predicted molar refractivity (Wildman–Crippen MR) is 95.3 cm³/mol. The van der Waals surface area contributed by atoms with Crippen LogP contribution in [0.5, 0.6) is 0 Å². The lowest BCUT2D eigenvalue weighted by Gasteiger charge is -2.20. The molecule has 1 saturated heterocycles. The van der Waals surface area contributed by atoms with Crippen LogP contribution in [0.3, 0.4) is 0 Å². The van der Waals surface area contributed by atoms with E-state index in [-0.39, 0.29) is 11.5 Å². The molecule has 7 heteroatoms. The molecule has 0 aliphatic carbocycles. The average molecular weight is 359 g/mol. The highest BCUT2D eigenvalue weighted by Crippen LogP contribution is 2.25. The summed E-state index contributed by atoms with van der Waals surface area (Å²) >= 11 is 6.05. The van der Waals surface area contributed by atoms with Gasteiger partial charge >= 0.3 is 0 Å². The van der Waals surface area contributed by atoms with E-state index in [9.17, 15) is 4.79 Å². The van der Waals surface area contributed by atoms with Crippen molar-refractivity contribution >= 4 is 17.1 Å². The molecule has 25 heavy (non-hydrogen) atoms. The van der Waals surface area contributed by atoms with Crippen molar-refractivity contribution in [3.8, 4) is 0 Å². The summed E-state index contributed by atoms with van der Waals surface area (Å²) in [7, 11) is 0. The van der Waals surface area contributed by atoms with Gasteiger partial charge in [-0.2, -0.15) is 5.10 Å². The van der Waals surface area contributed by atoms with Gasteiger partial charge in [-0.15, -0.1) is 0 Å². The Labute approximate surface area is 150 Å². The minimum atomic E-state index is -0.0849. The molecule has 0 saturated carbocycles. The molecular formula is C18H19ClN4O2. The number of aryl methyl sites for hydroxylation is 1. The molecule has 3 aromatic rings. The lowest BCUT2D eigenvalue weighted by Crippen LogP contribution is -2.27. The van der Waals surface area contributed by atoms with Crippen molar-refractivity contribution in [3.05, 3.63) is 63.1 Å². The van der Waals surface area contributed by atoms with Gasteiger partial charge < -0.3 is 4.74 Å². The first kappa shape index (κ1) is 16.3. The number of hydrogen-bond acceptors (Lipinski definition) is 4. The van der Waals surface area contributed by atoms with Crippen molar-refractivity contribution in [1.82, 2.24) is 19.2 Å². The van der Waals surface area contributed by atoms with Crippen LogP contribution in [0, 0.1) is 6.92 Å². The lowest BCUT2D eigenvalue weighted by atomic mass is 10.00. The fourth-order valence-electron chi connectivity index (χ4n) is 3.33. The van der Waals surface area contributed by atoms with Crippen LogP contribution in [0.15, 0.2) is 35.3 Å². The van der Waals surface area contributed by atoms with E-state index >= 15 is 0 Å². The molecule has 0 atom stereocenters. The highest BCUT2D eigenvalue weighted by molar-refractivity contribution is 6.30. The minimum absolute atomic E-state index is 0.0849. The third-order valence-electron chi connectivity index (χ3n) is 4.68. The molecule has 4 rings (SSSR count). The quantitative estimate of drug-likeness (QED) is 0.722. The maximum absolute atomic E-state index is 12.9. The SMILES string of the molecule is Cc1nn2c(C3CCOCC3)ncc2c(=O)n1Cc1cccc(Cl)c1. The van der Waals surface area contributed by atoms with Crippen molar-refractivity contribution in [3.63, 3.8) is 0 Å². The summed E-state index contributed by atoms with van der Waals surface area (Å²) in [6, 6.07) is 7.51. The molecule has 0 N–H and O–H groups in total. The molecule has 0 unspecified atom stereocenters. The molecule has 0 radical (unpaired) electrons. The Morgan fingerprint density at radius 1 is 1.32 bits per heavy atom. The van der Waals surface area contributed by atoms with Gasteiger partial charge in [-0.3, -0.25) is 9.36 Å². The summed E-state index contributed by atoms with van der Waals surface area (Å²) in [5, 5.41) is 5.29. The van der Waals surface area contributed by atoms with E-state index < -0.39 is 0 Å². The van der Waals surface area contributed by atoms with Crippen LogP contribution in [0.2, 0.25) is 5.02 Å². The van der Waals surface area contributed by atoms with Crippen LogP contribution in [-0.2, 0) is 11.3 Å². The number of aromatic nitrogens is 4. The number of benzene rings is 1. The van der Waals surface area contributed by atoms with Gasteiger partial charge in [-0.05, 0) is 37.5 Å². The lowest BCUT2D eigenvalue weighted by molar-refractivity contribution is 0.0832. The van der Waals surface area contributed by atoms with Crippen LogP contribution in [0.4, 0.5) is 0 Å². The first-order chi connectivity index (χ1) is 12.1. The highest BCUT2D eigenvalue weighted by Gasteiger charge is 2.22. The van der Waals surface area contributed by atoms with Gasteiger partial charge in [0.15, 0.2) is 5.52 Å². The summed E-state index contributed by atoms with van der Waals surface area (Å²) in [6.45, 7) is 3.74. The van der Waals surface area contributed by atoms with Gasteiger partial charge in [0.2, 0.25) is 0 Å². The van der Waals surface area contributed by atoms with Gasteiger partial charge in [0, 0.05) is 24.2 Å². The van der Waals surface area contributed by atoms with E-state index in [2.05, 4.69) is 10.1 Å². The zero-order chi connectivity index (χ0) is 17.4. The molecule has 0 spiro atoms. The third-order valence-corrected chi connectivity index (χ3v) is 4.92. The molecule has 1 aliphatic heterocycles. The smallest absolute Gasteiger partial charge is 0.279 e. The van der Waals surface area contributed by atoms with Crippen molar-refractivity contribution < 1.29 is 4.74 Å². The standard InChI is InChI=1S/C18H19ClN4O2/c1-12-21-23-16(10-20-17(23)14-5-7-25-8-6-14)18(24)22(12)11-13-3-2-4-15(19)9-13/h2-4,9-10,14H,5-8,11H2,1H3. The van der Waals surface area contributed by atoms with E-state index in [1.165, 1.54) is 0 Å². The molecule has 2 aromatic heterocycles. The molecule has 1 fully saturated rings. The first-order valence-electron chi connectivity index (χ1n) is 8.41. The Hall–Kier alpha value is -2.18. The number of rotatable bonds is 3. The minimum Gasteiger partial charge on any atom is -0.381 e. The summed E-state index contributed by atoms with van der Waals surface area (Å²) in [6.07, 6.45) is 3.45. The summed E-state index contributed by atoms with van der Waals surface area (Å²) in [4.78, 5) is 17.4. The molecule has 0 bridgehead atoms. The van der Waals surface area contributed by atoms with Crippen LogP contribution < -0.4 is 5.56 Å². The summed E-state index contributed by atoms with van der Waals surface area (Å²) in [5.74, 6) is 1.79. The molecule has 0 amide bonds. The Kier molecular flexibility index (Phi) is 4.31. The number of hydrogen-bond donors (Lipinski definition) is 0. The Morgan fingerprint density at radius 3 is 2.88 bits per heavy atom. The zero-order valence-electron chi connectivity index (χ0n) is 14.0. The molecule has 1 aliphatic rings. The summed E-state index contributed by atoms with van der Waals surface area (Å²) < 4.78 is 8.79. The first-order valence-corrected chi connectivity index (χ1v) is 8.78. The highest BCUT2D eigenvalue weighted by atomic mass is 35.5. The third kappa shape index (κ3) is 3.07. The Morgan fingerprint density at radius 2 is 2.12 bits per heavy atom. The number of halogens is 1.